The summed E-state index contributed by atoms with van der Waals surface area (Å²) in [6, 6.07) is 7.99. The van der Waals surface area contributed by atoms with Gasteiger partial charge in [0, 0.05) is 5.75 Å². The average Bonchev–Trinajstić information content (AvgIpc) is 2.92. The molecule has 2 aliphatic rings. The number of rotatable bonds is 5. The van der Waals surface area contributed by atoms with Gasteiger partial charge in [-0.2, -0.15) is 0 Å². The third-order valence-corrected chi connectivity index (χ3v) is 4.86. The molecule has 0 radical (unpaired) electrons. The van der Waals surface area contributed by atoms with Crippen molar-refractivity contribution in [1.82, 2.24) is 10.2 Å². The van der Waals surface area contributed by atoms with Gasteiger partial charge in [0.15, 0.2) is 12.0 Å². The van der Waals surface area contributed by atoms with E-state index in [0.29, 0.717) is 11.5 Å². The Labute approximate surface area is 159 Å². The molecule has 3 atom stereocenters. The van der Waals surface area contributed by atoms with Crippen LogP contribution in [0.1, 0.15) is 0 Å². The molecule has 2 heterocycles. The first kappa shape index (κ1) is 18.1. The number of hydrogen-bond donors (Lipinski definition) is 2. The average molecular weight is 346 g/mol. The van der Waals surface area contributed by atoms with E-state index in [1.807, 2.05) is 6.07 Å². The Morgan fingerprint density at radius 1 is 1.35 bits per heavy atom. The molecule has 118 valence electrons. The molecule has 9 heteroatoms. The van der Waals surface area contributed by atoms with Crippen LogP contribution in [0.15, 0.2) is 30.3 Å². The molecule has 0 aliphatic carbocycles. The van der Waals surface area contributed by atoms with Crippen LogP contribution < -0.4 is 10.1 Å². The first-order chi connectivity index (χ1) is 10.6. The van der Waals surface area contributed by atoms with Gasteiger partial charge in [-0.3, -0.25) is 9.59 Å². The van der Waals surface area contributed by atoms with Crippen LogP contribution in [0.5, 0.6) is 5.75 Å². The molecule has 0 bridgehead atoms. The van der Waals surface area contributed by atoms with Crippen LogP contribution in [-0.2, 0) is 14.4 Å². The second kappa shape index (κ2) is 7.57. The Morgan fingerprint density at radius 3 is 2.70 bits per heavy atom. The van der Waals surface area contributed by atoms with Gasteiger partial charge in [0.25, 0.3) is 5.91 Å². The maximum absolute atomic E-state index is 12.0. The van der Waals surface area contributed by atoms with Gasteiger partial charge >= 0.3 is 35.5 Å². The van der Waals surface area contributed by atoms with E-state index in [9.17, 15) is 14.4 Å². The number of hydrogen-bond acceptors (Lipinski definition) is 5. The summed E-state index contributed by atoms with van der Waals surface area (Å²) in [5.41, 5.74) is 0. The number of nitrogens with zero attached hydrogens (tertiary/aromatic N) is 1. The van der Waals surface area contributed by atoms with Gasteiger partial charge in [-0.15, -0.1) is 11.8 Å². The summed E-state index contributed by atoms with van der Waals surface area (Å²) in [6.45, 7) is -0.185. The zero-order valence-electron chi connectivity index (χ0n) is 11.5. The van der Waals surface area contributed by atoms with Crippen LogP contribution in [0.4, 0.5) is 0 Å². The van der Waals surface area contributed by atoms with E-state index in [2.05, 4.69) is 5.32 Å². The van der Waals surface area contributed by atoms with E-state index in [4.69, 9.17) is 9.84 Å². The number of fused-ring (bicyclic) bond motifs is 1. The Balaban J connectivity index is 0.00000192. The van der Waals surface area contributed by atoms with Crippen molar-refractivity contribution in [3.8, 4) is 5.75 Å². The number of carbonyl (C=O) groups is 3. The number of aliphatic carboxylic acids is 1. The first-order valence-electron chi connectivity index (χ1n) is 6.72. The van der Waals surface area contributed by atoms with Crippen molar-refractivity contribution in [3.05, 3.63) is 30.3 Å². The van der Waals surface area contributed by atoms with E-state index >= 15 is 0 Å². The van der Waals surface area contributed by atoms with Crippen LogP contribution in [0, 0.1) is 0 Å². The van der Waals surface area contributed by atoms with Crippen molar-refractivity contribution in [3.63, 3.8) is 0 Å². The van der Waals surface area contributed by atoms with E-state index in [-0.39, 0.29) is 48.1 Å². The fourth-order valence-corrected chi connectivity index (χ4v) is 3.83. The number of carbonyl (C=O) groups excluding carboxylic acids is 2. The predicted molar refractivity (Wildman–Crippen MR) is 85.5 cm³/mol. The molecule has 2 saturated heterocycles. The van der Waals surface area contributed by atoms with Gasteiger partial charge in [0.2, 0.25) is 5.91 Å². The van der Waals surface area contributed by atoms with Gasteiger partial charge in [0.1, 0.15) is 11.8 Å². The second-order valence-corrected chi connectivity index (χ2v) is 6.10. The number of carboxylic acids is 1. The molecular formula is C14H15N2NaO5S. The molecule has 0 spiro atoms. The van der Waals surface area contributed by atoms with Crippen molar-refractivity contribution < 1.29 is 24.2 Å². The summed E-state index contributed by atoms with van der Waals surface area (Å²) in [7, 11) is 0. The number of ether oxygens (including phenoxy) is 1. The number of carboxylic acid groups (broad SMARTS) is 1. The Morgan fingerprint density at radius 2 is 2.04 bits per heavy atom. The van der Waals surface area contributed by atoms with Gasteiger partial charge in [-0.25, -0.2) is 4.79 Å². The zero-order chi connectivity index (χ0) is 15.7. The molecule has 7 nitrogen and oxygen atoms in total. The van der Waals surface area contributed by atoms with E-state index in [1.54, 1.807) is 24.3 Å². The number of β-lactam (4-membered cyclic amide) rings is 1. The van der Waals surface area contributed by atoms with Crippen LogP contribution >= 0.6 is 11.8 Å². The van der Waals surface area contributed by atoms with Gasteiger partial charge < -0.3 is 20.1 Å². The summed E-state index contributed by atoms with van der Waals surface area (Å²) in [5.74, 6) is -0.701. The van der Waals surface area contributed by atoms with Crippen molar-refractivity contribution in [1.29, 1.82) is 0 Å². The minimum atomic E-state index is -1.03. The molecule has 2 aliphatic heterocycles. The minimum absolute atomic E-state index is 0. The third-order valence-electron chi connectivity index (χ3n) is 3.58. The van der Waals surface area contributed by atoms with Crippen molar-refractivity contribution >= 4 is 59.1 Å². The van der Waals surface area contributed by atoms with Crippen LogP contribution in [0.3, 0.4) is 0 Å². The Kier molecular flexibility index (Phi) is 5.96. The molecule has 2 unspecified atom stereocenters. The molecule has 0 saturated carbocycles. The summed E-state index contributed by atoms with van der Waals surface area (Å²) in [6.07, 6.45) is 0. The van der Waals surface area contributed by atoms with E-state index in [1.165, 1.54) is 16.7 Å². The Hall–Kier alpha value is -1.22. The standard InChI is InChI=1S/C14H14N2O5S.Na.H/c17-10(6-21-8-4-2-1-3-5-8)15-11-9-7-22-13(14(19)20)16(9)12(11)18;;/h1-5,9,11,13H,6-7H2,(H,15,17)(H,19,20);;/t9?,11-,13?;;/m1../s1. The quantitative estimate of drug-likeness (QED) is 0.539. The predicted octanol–water partition coefficient (Wildman–Crippen LogP) is -0.730. The van der Waals surface area contributed by atoms with E-state index in [0.717, 1.165) is 0 Å². The zero-order valence-corrected chi connectivity index (χ0v) is 12.3. The molecule has 3 rings (SSSR count). The fourth-order valence-electron chi connectivity index (χ4n) is 2.53. The second-order valence-electron chi connectivity index (χ2n) is 4.98. The van der Waals surface area contributed by atoms with Crippen molar-refractivity contribution in [2.45, 2.75) is 17.5 Å². The fraction of sp³-hybridized carbons (Fsp3) is 0.357. The van der Waals surface area contributed by atoms with Crippen LogP contribution in [0.25, 0.3) is 0 Å². The molecule has 1 aromatic rings. The summed E-state index contributed by atoms with van der Waals surface area (Å²) >= 11 is 1.20. The van der Waals surface area contributed by atoms with E-state index < -0.39 is 23.3 Å². The summed E-state index contributed by atoms with van der Waals surface area (Å²) in [4.78, 5) is 36.1. The van der Waals surface area contributed by atoms with Gasteiger partial charge in [-0.1, -0.05) is 18.2 Å². The molecule has 0 aromatic heterocycles. The molecule has 2 amide bonds. The van der Waals surface area contributed by atoms with Gasteiger partial charge in [-0.05, 0) is 12.1 Å². The SMILES string of the molecule is O=C(COc1ccccc1)N[C@H]1C(=O)N2C(C(=O)O)SCC12.[NaH]. The third kappa shape index (κ3) is 3.65. The van der Waals surface area contributed by atoms with Crippen molar-refractivity contribution in [2.75, 3.05) is 12.4 Å². The molecule has 1 aromatic carbocycles. The number of nitrogens with one attached hydrogen (secondary N) is 1. The molecule has 2 fully saturated rings. The topological polar surface area (TPSA) is 95.9 Å². The van der Waals surface area contributed by atoms with Crippen LogP contribution in [0.2, 0.25) is 0 Å². The van der Waals surface area contributed by atoms with Gasteiger partial charge in [0.05, 0.1) is 6.04 Å². The Bertz CT molecular complexity index is 614. The summed E-state index contributed by atoms with van der Waals surface area (Å²) < 4.78 is 5.31. The monoisotopic (exact) mass is 346 g/mol. The molecule has 2 N–H and O–H groups in total. The number of thioether (sulfide) groups is 1. The number of para-hydroxylation sites is 1. The normalized spacial score (nSPS) is 25.0. The van der Waals surface area contributed by atoms with Crippen LogP contribution in [-0.4, -0.2) is 87.2 Å². The maximum atomic E-state index is 12.0. The van der Waals surface area contributed by atoms with Crippen molar-refractivity contribution in [2.24, 2.45) is 0 Å². The molecule has 23 heavy (non-hydrogen) atoms. The first-order valence-corrected chi connectivity index (χ1v) is 7.76. The number of benzene rings is 1. The molecular weight excluding hydrogens is 331 g/mol. The number of amides is 2. The summed E-state index contributed by atoms with van der Waals surface area (Å²) in [5, 5.41) is 10.8.